The molecule has 0 atom stereocenters. The van der Waals surface area contributed by atoms with Crippen molar-refractivity contribution in [3.63, 3.8) is 0 Å². The minimum atomic E-state index is 0. The van der Waals surface area contributed by atoms with E-state index in [1.807, 2.05) is 0 Å². The molecule has 43 heteroatoms. The Bertz CT molecular complexity index is 60.0. The van der Waals surface area contributed by atoms with E-state index in [1.54, 1.807) is 104 Å². The van der Waals surface area contributed by atoms with E-state index >= 15 is 0 Å². The van der Waals surface area contributed by atoms with Gasteiger partial charge in [0.05, 0.1) is 0 Å². The van der Waals surface area contributed by atoms with Crippen molar-refractivity contribution in [3.05, 3.63) is 0 Å². The van der Waals surface area contributed by atoms with Crippen LogP contribution in [0.4, 0.5) is 0 Å². The van der Waals surface area contributed by atoms with Gasteiger partial charge in [0.15, 0.2) is 0 Å². The molecular formula is Ca21Mn4Sb18. The molecule has 160 valence electrons. The van der Waals surface area contributed by atoms with Crippen LogP contribution in [-0.2, 0) is 68.3 Å². The topological polar surface area (TPSA) is 0 Å². The minimum absolute atomic E-state index is 0. The molecule has 0 aromatic rings. The summed E-state index contributed by atoms with van der Waals surface area (Å²) < 4.78 is 0. The summed E-state index contributed by atoms with van der Waals surface area (Å²) in [7, 11) is 0. The zero-order valence-corrected chi connectivity index (χ0v) is 121. The van der Waals surface area contributed by atoms with Crippen molar-refractivity contribution < 1.29 is 68.3 Å². The molecule has 0 aliphatic heterocycles. The molecular weight excluding hydrogens is 3250 g/mol. The molecule has 0 aromatic carbocycles. The van der Waals surface area contributed by atoms with Crippen LogP contribution in [0.2, 0.25) is 0 Å². The van der Waals surface area contributed by atoms with Crippen LogP contribution in [0.25, 0.3) is 0 Å². The molecule has 0 bridgehead atoms. The quantitative estimate of drug-likeness (QED) is 0.212. The summed E-state index contributed by atoms with van der Waals surface area (Å²) in [5, 5.41) is 0. The maximum Gasteiger partial charge on any atom is 0 e. The molecule has 43 heavy (non-hydrogen) atoms. The summed E-state index contributed by atoms with van der Waals surface area (Å²) in [6, 6.07) is 0. The number of rotatable bonds is 0. The Morgan fingerprint density at radius 3 is 0.186 bits per heavy atom. The van der Waals surface area contributed by atoms with E-state index in [-0.39, 0.29) is 923 Å². The predicted molar refractivity (Wildman–Crippen MR) is 224 cm³/mol. The van der Waals surface area contributed by atoms with E-state index in [0.717, 1.165) is 0 Å². The van der Waals surface area contributed by atoms with Crippen molar-refractivity contribution in [2.75, 3.05) is 0 Å². The first-order valence-electron chi connectivity index (χ1n) is 3.00. The molecule has 0 amide bonds. The summed E-state index contributed by atoms with van der Waals surface area (Å²) in [6.45, 7) is 0. The standard InChI is InChI=1S/21Ca.4Mn.18Sb. The average Bonchev–Trinajstić information content (AvgIpc) is 1.99. The fraction of sp³-hybridized carbons (Fsp3) is 0. The summed E-state index contributed by atoms with van der Waals surface area (Å²) in [5.74, 6) is 0. The van der Waals surface area contributed by atoms with E-state index in [2.05, 4.69) is 0 Å². The van der Waals surface area contributed by atoms with Gasteiger partial charge in [-0.25, -0.2) is 0 Å². The fourth-order valence-corrected chi connectivity index (χ4v) is 0. The van der Waals surface area contributed by atoms with Gasteiger partial charge in [0.1, 0.15) is 0 Å². The normalized spacial score (nSPS) is 0.372. The third kappa shape index (κ3) is 316. The smallest absolute Gasteiger partial charge is 0 e. The van der Waals surface area contributed by atoms with Gasteiger partial charge in [0.2, 0.25) is 0 Å². The van der Waals surface area contributed by atoms with E-state index in [9.17, 15) is 0 Å². The Balaban J connectivity index is -0.000000000255. The van der Waals surface area contributed by atoms with Crippen molar-refractivity contribution >= 4 is 1090 Å². The molecule has 0 saturated heterocycles. The van der Waals surface area contributed by atoms with Crippen LogP contribution in [0.3, 0.4) is 0 Å². The Morgan fingerprint density at radius 2 is 0.186 bits per heavy atom. The van der Waals surface area contributed by atoms with E-state index in [1.165, 1.54) is 104 Å². The van der Waals surface area contributed by atoms with Crippen molar-refractivity contribution in [2.45, 2.75) is 0 Å². The first kappa shape index (κ1) is 258. The monoisotopic (exact) mass is 3240 g/mol. The van der Waals surface area contributed by atoms with Crippen LogP contribution in [0.5, 0.6) is 0 Å². The average molecular weight is 3250 g/mol. The molecule has 0 nitrogen and oxygen atoms in total. The molecule has 0 rings (SSSR count). The van der Waals surface area contributed by atoms with Gasteiger partial charge in [-0.3, -0.25) is 0 Å². The molecule has 88 radical (unpaired) electrons. The summed E-state index contributed by atoms with van der Waals surface area (Å²) in [5.41, 5.74) is 0. The Hall–Kier alpha value is 43.3. The van der Waals surface area contributed by atoms with Gasteiger partial charge in [-0.2, -0.15) is 0 Å². The zero-order chi connectivity index (χ0) is 9.41. The Morgan fingerprint density at radius 1 is 0.186 bits per heavy atom. The maximum atomic E-state index is 1.69. The van der Waals surface area contributed by atoms with Crippen LogP contribution in [0.15, 0.2) is 0 Å². The van der Waals surface area contributed by atoms with Crippen molar-refractivity contribution in [3.8, 4) is 0 Å². The Labute approximate surface area is 1110 Å². The van der Waals surface area contributed by atoms with Gasteiger partial charge in [0.25, 0.3) is 0 Å². The van der Waals surface area contributed by atoms with Crippen molar-refractivity contribution in [2.24, 2.45) is 0 Å². The molecule has 0 heterocycles. The molecule has 0 aliphatic carbocycles. The first-order chi connectivity index (χ1) is 4.83. The van der Waals surface area contributed by atoms with Gasteiger partial charge in [-0.1, -0.05) is 0 Å². The Kier molecular flexibility index (Phi) is 1780. The molecule has 0 unspecified atom stereocenters. The van der Waals surface area contributed by atoms with E-state index in [0.29, 0.717) is 28.3 Å². The van der Waals surface area contributed by atoms with Gasteiger partial charge in [-0.05, 0) is 0 Å². The third-order valence-corrected chi connectivity index (χ3v) is 0. The van der Waals surface area contributed by atoms with Crippen molar-refractivity contribution in [1.82, 2.24) is 0 Å². The minimum Gasteiger partial charge on any atom is 0 e. The fourth-order valence-electron chi connectivity index (χ4n) is 0. The summed E-state index contributed by atoms with van der Waals surface area (Å²) in [6.07, 6.45) is 0. The predicted octanol–water partition coefficient (Wildman–Crippen LogP) is -14.9. The van der Waals surface area contributed by atoms with Crippen LogP contribution in [0.1, 0.15) is 0 Å². The third-order valence-electron chi connectivity index (χ3n) is 0. The van der Waals surface area contributed by atoms with E-state index < -0.39 is 0 Å². The van der Waals surface area contributed by atoms with Crippen LogP contribution < -0.4 is 0 Å². The van der Waals surface area contributed by atoms with E-state index in [4.69, 9.17) is 0 Å². The SMILES string of the molecule is [Ca].[Ca].[Ca].[Ca].[Ca].[Ca].[Ca].[Ca].[Ca].[Ca].[Ca].[Ca][Ca].[Ca][Ca].[Ca][Ca][Ca].[Ca][Ca][Ca].[Mn].[Mn].[Mn].[Mn].[Sb].[Sb].[Sb].[Sb].[Sb].[Sb].[Sb].[Sb].[Sb].[Sb].[Sb].[Sb].[Sb].[Sb].[Sb].[Sb].[Sb].[Sb]. The molecule has 0 aromatic heterocycles. The van der Waals surface area contributed by atoms with Crippen LogP contribution in [0, 0.1) is 0 Å². The zero-order valence-electron chi connectivity index (χ0n) is 24.4. The number of hydrogen-bond donors (Lipinski definition) is 0. The van der Waals surface area contributed by atoms with Crippen LogP contribution >= 0.6 is 0 Å². The van der Waals surface area contributed by atoms with Gasteiger partial charge in [-0.15, -0.1) is 0 Å². The molecule has 0 aliphatic rings. The number of hydrogen-bond acceptors (Lipinski definition) is 0. The molecule has 0 fully saturated rings. The second kappa shape index (κ2) is 296. The van der Waals surface area contributed by atoms with Crippen molar-refractivity contribution in [1.29, 1.82) is 0 Å². The largest absolute Gasteiger partial charge is 0 e. The molecule has 0 spiro atoms. The van der Waals surface area contributed by atoms with Gasteiger partial charge < -0.3 is 0 Å². The summed E-state index contributed by atoms with van der Waals surface area (Å²) >= 11 is 13.5. The van der Waals surface area contributed by atoms with Gasteiger partial charge >= 0.3 is 236 Å². The van der Waals surface area contributed by atoms with Gasteiger partial charge in [0, 0.05) is 923 Å². The summed E-state index contributed by atoms with van der Waals surface area (Å²) in [4.78, 5) is 0. The molecule has 0 N–H and O–H groups in total. The van der Waals surface area contributed by atoms with Crippen LogP contribution in [-0.4, -0.2) is 1090 Å². The maximum absolute atomic E-state index is 1.69. The second-order valence-corrected chi connectivity index (χ2v) is 49.6. The first-order valence-corrected chi connectivity index (χ1v) is 51.0. The molecule has 0 saturated carbocycles. The second-order valence-electron chi connectivity index (χ2n) is 0.707.